The summed E-state index contributed by atoms with van der Waals surface area (Å²) in [5.41, 5.74) is 1.16. The molecule has 1 heterocycles. The molecule has 3 nitrogen and oxygen atoms in total. The highest BCUT2D eigenvalue weighted by Crippen LogP contribution is 2.22. The number of rotatable bonds is 4. The molecule has 0 radical (unpaired) electrons. The molecule has 4 heteroatoms. The van der Waals surface area contributed by atoms with Crippen molar-refractivity contribution in [3.63, 3.8) is 0 Å². The number of hydrogen-bond donors (Lipinski definition) is 0. The van der Waals surface area contributed by atoms with Crippen LogP contribution < -0.4 is 0 Å². The first-order valence-corrected chi connectivity index (χ1v) is 5.79. The number of hydrogen-bond acceptors (Lipinski definition) is 4. The van der Waals surface area contributed by atoms with Crippen molar-refractivity contribution in [1.29, 1.82) is 0 Å². The second-order valence-corrected chi connectivity index (χ2v) is 3.70. The van der Waals surface area contributed by atoms with E-state index in [1.807, 2.05) is 20.8 Å². The SMILES string of the molecule is C=C/C(C=O)=C(\C=C)c1nnc(C)s1.CC. The van der Waals surface area contributed by atoms with E-state index in [1.165, 1.54) is 17.4 Å². The number of aryl methyl sites for hydroxylation is 1. The average Bonchev–Trinajstić information content (AvgIpc) is 2.75. The summed E-state index contributed by atoms with van der Waals surface area (Å²) < 4.78 is 0. The van der Waals surface area contributed by atoms with Gasteiger partial charge in [0, 0.05) is 11.1 Å². The summed E-state index contributed by atoms with van der Waals surface area (Å²) in [4.78, 5) is 10.7. The zero-order valence-electron chi connectivity index (χ0n) is 9.86. The molecule has 0 aliphatic carbocycles. The lowest BCUT2D eigenvalue weighted by Gasteiger charge is -1.97. The van der Waals surface area contributed by atoms with E-state index >= 15 is 0 Å². The van der Waals surface area contributed by atoms with E-state index in [2.05, 4.69) is 23.4 Å². The summed E-state index contributed by atoms with van der Waals surface area (Å²) in [5, 5.41) is 9.36. The lowest BCUT2D eigenvalue weighted by molar-refractivity contribution is -0.104. The van der Waals surface area contributed by atoms with Crippen LogP contribution in [0.3, 0.4) is 0 Å². The molecule has 1 aromatic heterocycles. The fourth-order valence-corrected chi connectivity index (χ4v) is 1.71. The van der Waals surface area contributed by atoms with Gasteiger partial charge in [0.25, 0.3) is 0 Å². The minimum Gasteiger partial charge on any atom is -0.298 e. The highest BCUT2D eigenvalue weighted by molar-refractivity contribution is 7.12. The van der Waals surface area contributed by atoms with E-state index in [1.54, 1.807) is 6.08 Å². The zero-order chi connectivity index (χ0) is 12.6. The summed E-state index contributed by atoms with van der Waals surface area (Å²) in [6, 6.07) is 0. The van der Waals surface area contributed by atoms with Crippen molar-refractivity contribution >= 4 is 23.2 Å². The highest BCUT2D eigenvalue weighted by atomic mass is 32.1. The minimum atomic E-state index is 0.483. The largest absolute Gasteiger partial charge is 0.298 e. The molecule has 0 saturated heterocycles. The van der Waals surface area contributed by atoms with Gasteiger partial charge in [-0.1, -0.05) is 50.5 Å². The predicted octanol–water partition coefficient (Wildman–Crippen LogP) is 3.20. The van der Waals surface area contributed by atoms with Gasteiger partial charge in [0.15, 0.2) is 6.29 Å². The Bertz CT molecular complexity index is 395. The van der Waals surface area contributed by atoms with Gasteiger partial charge in [-0.3, -0.25) is 4.79 Å². The average molecular weight is 236 g/mol. The van der Waals surface area contributed by atoms with Crippen molar-refractivity contribution in [1.82, 2.24) is 10.2 Å². The second kappa shape index (κ2) is 7.70. The van der Waals surface area contributed by atoms with Crippen LogP contribution in [0.5, 0.6) is 0 Å². The van der Waals surface area contributed by atoms with Gasteiger partial charge < -0.3 is 0 Å². The molecular formula is C12H16N2OS. The lowest BCUT2D eigenvalue weighted by Crippen LogP contribution is -1.87. The van der Waals surface area contributed by atoms with Crippen molar-refractivity contribution < 1.29 is 4.79 Å². The van der Waals surface area contributed by atoms with Crippen LogP contribution in [0.1, 0.15) is 23.9 Å². The van der Waals surface area contributed by atoms with Gasteiger partial charge in [0.2, 0.25) is 0 Å². The predicted molar refractivity (Wildman–Crippen MR) is 69.4 cm³/mol. The molecule has 0 bridgehead atoms. The first-order chi connectivity index (χ1) is 7.72. The summed E-state index contributed by atoms with van der Waals surface area (Å²) in [5.74, 6) is 0. The van der Waals surface area contributed by atoms with Crippen LogP contribution in [0.2, 0.25) is 0 Å². The smallest absolute Gasteiger partial charge is 0.150 e. The Kier molecular flexibility index (Phi) is 6.96. The van der Waals surface area contributed by atoms with Gasteiger partial charge in [-0.15, -0.1) is 10.2 Å². The number of aromatic nitrogens is 2. The van der Waals surface area contributed by atoms with Gasteiger partial charge in [-0.2, -0.15) is 0 Å². The number of aldehydes is 1. The van der Waals surface area contributed by atoms with Crippen LogP contribution in [0.25, 0.3) is 5.57 Å². The standard InChI is InChI=1S/C10H10N2OS.C2H6/c1-4-8(6-13)9(5-2)10-12-11-7(3)14-10;1-2/h4-6H,1-2H2,3H3;1-2H3/b9-8-;. The van der Waals surface area contributed by atoms with Crippen LogP contribution in [-0.2, 0) is 4.79 Å². The van der Waals surface area contributed by atoms with E-state index < -0.39 is 0 Å². The Balaban J connectivity index is 0.00000106. The quantitative estimate of drug-likeness (QED) is 0.458. The summed E-state index contributed by atoms with van der Waals surface area (Å²) in [6.45, 7) is 13.0. The van der Waals surface area contributed by atoms with Crippen molar-refractivity contribution in [2.45, 2.75) is 20.8 Å². The summed E-state index contributed by atoms with van der Waals surface area (Å²) in [6.07, 6.45) is 3.81. The maximum Gasteiger partial charge on any atom is 0.150 e. The molecule has 16 heavy (non-hydrogen) atoms. The minimum absolute atomic E-state index is 0.483. The molecule has 1 rings (SSSR count). The lowest BCUT2D eigenvalue weighted by atomic mass is 10.1. The Morgan fingerprint density at radius 2 is 1.88 bits per heavy atom. The summed E-state index contributed by atoms with van der Waals surface area (Å²) >= 11 is 1.42. The molecule has 0 atom stereocenters. The highest BCUT2D eigenvalue weighted by Gasteiger charge is 2.07. The molecule has 0 fully saturated rings. The first kappa shape index (κ1) is 14.5. The maximum absolute atomic E-state index is 10.7. The molecular weight excluding hydrogens is 220 g/mol. The van der Waals surface area contributed by atoms with Gasteiger partial charge >= 0.3 is 0 Å². The Morgan fingerprint density at radius 3 is 2.19 bits per heavy atom. The van der Waals surface area contributed by atoms with Gasteiger partial charge in [0.05, 0.1) is 0 Å². The van der Waals surface area contributed by atoms with Crippen LogP contribution in [0.15, 0.2) is 30.9 Å². The molecule has 86 valence electrons. The number of allylic oxidation sites excluding steroid dienone is 4. The van der Waals surface area contributed by atoms with Crippen molar-refractivity contribution in [3.8, 4) is 0 Å². The molecule has 0 aromatic carbocycles. The molecule has 0 unspecified atom stereocenters. The number of nitrogens with zero attached hydrogens (tertiary/aromatic N) is 2. The van der Waals surface area contributed by atoms with E-state index in [0.29, 0.717) is 16.2 Å². The van der Waals surface area contributed by atoms with Crippen LogP contribution >= 0.6 is 11.3 Å². The van der Waals surface area contributed by atoms with E-state index in [9.17, 15) is 4.79 Å². The van der Waals surface area contributed by atoms with Crippen LogP contribution in [0, 0.1) is 6.92 Å². The molecule has 0 aliphatic rings. The third-order valence-electron chi connectivity index (χ3n) is 1.62. The fraction of sp³-hybridized carbons (Fsp3) is 0.250. The van der Waals surface area contributed by atoms with Crippen LogP contribution in [0.4, 0.5) is 0 Å². The fourth-order valence-electron chi connectivity index (χ4n) is 0.956. The normalized spacial score (nSPS) is 10.7. The van der Waals surface area contributed by atoms with Gasteiger partial charge in [-0.05, 0) is 6.92 Å². The molecule has 0 spiro atoms. The monoisotopic (exact) mass is 236 g/mol. The Hall–Kier alpha value is -1.55. The van der Waals surface area contributed by atoms with E-state index in [-0.39, 0.29) is 0 Å². The summed E-state index contributed by atoms with van der Waals surface area (Å²) in [7, 11) is 0. The Labute approximate surface area is 100 Å². The first-order valence-electron chi connectivity index (χ1n) is 4.97. The molecule has 0 aliphatic heterocycles. The third kappa shape index (κ3) is 3.55. The zero-order valence-corrected chi connectivity index (χ0v) is 10.7. The molecule has 0 N–H and O–H groups in total. The molecule has 1 aromatic rings. The molecule has 0 saturated carbocycles. The third-order valence-corrected chi connectivity index (χ3v) is 2.49. The van der Waals surface area contributed by atoms with Crippen LogP contribution in [-0.4, -0.2) is 16.5 Å². The number of carbonyl (C=O) groups excluding carboxylic acids is 1. The van der Waals surface area contributed by atoms with E-state index in [4.69, 9.17) is 0 Å². The van der Waals surface area contributed by atoms with Crippen molar-refractivity contribution in [2.75, 3.05) is 0 Å². The maximum atomic E-state index is 10.7. The second-order valence-electron chi connectivity index (χ2n) is 2.52. The Morgan fingerprint density at radius 1 is 1.25 bits per heavy atom. The number of carbonyl (C=O) groups is 1. The van der Waals surface area contributed by atoms with Crippen molar-refractivity contribution in [3.05, 3.63) is 40.9 Å². The topological polar surface area (TPSA) is 42.9 Å². The van der Waals surface area contributed by atoms with E-state index in [0.717, 1.165) is 11.3 Å². The van der Waals surface area contributed by atoms with Crippen molar-refractivity contribution in [2.24, 2.45) is 0 Å². The molecule has 0 amide bonds. The van der Waals surface area contributed by atoms with Gasteiger partial charge in [-0.25, -0.2) is 0 Å². The van der Waals surface area contributed by atoms with Gasteiger partial charge in [0.1, 0.15) is 10.0 Å².